The van der Waals surface area contributed by atoms with E-state index in [-0.39, 0.29) is 17.6 Å². The van der Waals surface area contributed by atoms with E-state index < -0.39 is 5.60 Å². The lowest BCUT2D eigenvalue weighted by Crippen LogP contribution is -2.51. The number of hydrogen-bond acceptors (Lipinski definition) is 4. The van der Waals surface area contributed by atoms with Gasteiger partial charge >= 0.3 is 6.09 Å². The number of amides is 1. The van der Waals surface area contributed by atoms with Crippen LogP contribution in [0.25, 0.3) is 0 Å². The molecule has 0 aromatic rings. The summed E-state index contributed by atoms with van der Waals surface area (Å²) in [6.07, 6.45) is 2.72. The maximum Gasteiger partial charge on any atom is 0.410 e. The molecule has 0 unspecified atom stereocenters. The van der Waals surface area contributed by atoms with E-state index in [1.54, 1.807) is 4.90 Å². The number of rotatable bonds is 0. The van der Waals surface area contributed by atoms with Crippen LogP contribution in [0.2, 0.25) is 0 Å². The van der Waals surface area contributed by atoms with Crippen LogP contribution in [0.15, 0.2) is 0 Å². The first-order chi connectivity index (χ1) is 8.80. The first kappa shape index (κ1) is 14.6. The SMILES string of the molecule is CC(C)(C)OC(=O)N1CCC2(CC1)COC[C@@H](N)C2. The Morgan fingerprint density at radius 3 is 2.53 bits per heavy atom. The number of nitrogens with zero attached hydrogens (tertiary/aromatic N) is 1. The van der Waals surface area contributed by atoms with Crippen molar-refractivity contribution in [2.45, 2.75) is 51.7 Å². The van der Waals surface area contributed by atoms with Crippen molar-refractivity contribution in [2.75, 3.05) is 26.3 Å². The van der Waals surface area contributed by atoms with Crippen molar-refractivity contribution < 1.29 is 14.3 Å². The Morgan fingerprint density at radius 2 is 2.00 bits per heavy atom. The zero-order valence-corrected chi connectivity index (χ0v) is 12.3. The van der Waals surface area contributed by atoms with Gasteiger partial charge in [-0.3, -0.25) is 0 Å². The van der Waals surface area contributed by atoms with Crippen molar-refractivity contribution in [3.63, 3.8) is 0 Å². The quantitative estimate of drug-likeness (QED) is 0.728. The molecule has 0 saturated carbocycles. The van der Waals surface area contributed by atoms with Crippen LogP contribution < -0.4 is 5.73 Å². The Labute approximate surface area is 115 Å². The topological polar surface area (TPSA) is 64.8 Å². The second-order valence-corrected chi connectivity index (χ2v) is 6.95. The number of carbonyl (C=O) groups excluding carboxylic acids is 1. The van der Waals surface area contributed by atoms with Crippen molar-refractivity contribution in [1.29, 1.82) is 0 Å². The molecule has 0 aromatic carbocycles. The maximum absolute atomic E-state index is 12.0. The number of hydrogen-bond donors (Lipinski definition) is 1. The summed E-state index contributed by atoms with van der Waals surface area (Å²) in [7, 11) is 0. The van der Waals surface area contributed by atoms with E-state index in [2.05, 4.69) is 0 Å². The lowest BCUT2D eigenvalue weighted by Gasteiger charge is -2.45. The fourth-order valence-corrected chi connectivity index (χ4v) is 2.94. The van der Waals surface area contributed by atoms with Gasteiger partial charge in [-0.1, -0.05) is 0 Å². The Morgan fingerprint density at radius 1 is 1.37 bits per heavy atom. The summed E-state index contributed by atoms with van der Waals surface area (Å²) < 4.78 is 11.0. The molecule has 2 aliphatic rings. The molecule has 0 aliphatic carbocycles. The minimum absolute atomic E-state index is 0.141. The molecule has 0 bridgehead atoms. The van der Waals surface area contributed by atoms with Gasteiger partial charge in [0.2, 0.25) is 0 Å². The van der Waals surface area contributed by atoms with E-state index in [1.165, 1.54) is 0 Å². The van der Waals surface area contributed by atoms with Gasteiger partial charge in [0, 0.05) is 19.1 Å². The highest BCUT2D eigenvalue weighted by Crippen LogP contribution is 2.38. The highest BCUT2D eigenvalue weighted by Gasteiger charge is 2.40. The molecule has 2 rings (SSSR count). The van der Waals surface area contributed by atoms with Gasteiger partial charge in [0.1, 0.15) is 5.60 Å². The molecule has 1 spiro atoms. The van der Waals surface area contributed by atoms with Crippen LogP contribution >= 0.6 is 0 Å². The molecule has 1 amide bonds. The summed E-state index contributed by atoms with van der Waals surface area (Å²) in [6.45, 7) is 8.61. The fourth-order valence-electron chi connectivity index (χ4n) is 2.94. The summed E-state index contributed by atoms with van der Waals surface area (Å²) in [5.74, 6) is 0. The number of piperidine rings is 1. The summed E-state index contributed by atoms with van der Waals surface area (Å²) in [5, 5.41) is 0. The Hall–Kier alpha value is -0.810. The van der Waals surface area contributed by atoms with E-state index in [0.717, 1.165) is 39.0 Å². The molecule has 2 aliphatic heterocycles. The van der Waals surface area contributed by atoms with E-state index in [0.29, 0.717) is 6.61 Å². The molecule has 19 heavy (non-hydrogen) atoms. The number of nitrogens with two attached hydrogens (primary N) is 1. The molecule has 2 saturated heterocycles. The summed E-state index contributed by atoms with van der Waals surface area (Å²) in [5.41, 5.74) is 5.74. The molecule has 5 nitrogen and oxygen atoms in total. The number of likely N-dealkylation sites (tertiary alicyclic amines) is 1. The van der Waals surface area contributed by atoms with E-state index in [4.69, 9.17) is 15.2 Å². The molecule has 2 heterocycles. The predicted molar refractivity (Wildman–Crippen MR) is 72.9 cm³/mol. The minimum atomic E-state index is -0.428. The second kappa shape index (κ2) is 5.29. The van der Waals surface area contributed by atoms with Crippen LogP contribution in [0, 0.1) is 5.41 Å². The molecule has 0 aromatic heterocycles. The third-order valence-electron chi connectivity index (χ3n) is 3.91. The van der Waals surface area contributed by atoms with Gasteiger partial charge in [0.15, 0.2) is 0 Å². The van der Waals surface area contributed by atoms with Crippen molar-refractivity contribution >= 4 is 6.09 Å². The Balaban J connectivity index is 1.87. The third-order valence-corrected chi connectivity index (χ3v) is 3.91. The molecule has 5 heteroatoms. The largest absolute Gasteiger partial charge is 0.444 e. The summed E-state index contributed by atoms with van der Waals surface area (Å²) >= 11 is 0. The minimum Gasteiger partial charge on any atom is -0.444 e. The van der Waals surface area contributed by atoms with Crippen molar-refractivity contribution in [1.82, 2.24) is 4.90 Å². The van der Waals surface area contributed by atoms with Crippen LogP contribution in [0.3, 0.4) is 0 Å². The van der Waals surface area contributed by atoms with Crippen LogP contribution in [-0.4, -0.2) is 48.9 Å². The lowest BCUT2D eigenvalue weighted by atomic mass is 9.73. The van der Waals surface area contributed by atoms with Gasteiger partial charge in [-0.15, -0.1) is 0 Å². The highest BCUT2D eigenvalue weighted by atomic mass is 16.6. The van der Waals surface area contributed by atoms with Crippen LogP contribution in [0.1, 0.15) is 40.0 Å². The second-order valence-electron chi connectivity index (χ2n) is 6.95. The van der Waals surface area contributed by atoms with Gasteiger partial charge in [0.25, 0.3) is 0 Å². The average Bonchev–Trinajstić information content (AvgIpc) is 2.27. The highest BCUT2D eigenvalue weighted by molar-refractivity contribution is 5.68. The van der Waals surface area contributed by atoms with Gasteiger partial charge in [0.05, 0.1) is 13.2 Å². The molecular formula is C14H26N2O3. The monoisotopic (exact) mass is 270 g/mol. The van der Waals surface area contributed by atoms with E-state index in [9.17, 15) is 4.79 Å². The average molecular weight is 270 g/mol. The number of ether oxygens (including phenoxy) is 2. The fraction of sp³-hybridized carbons (Fsp3) is 0.929. The summed E-state index contributed by atoms with van der Waals surface area (Å²) in [6, 6.07) is 0.141. The first-order valence-electron chi connectivity index (χ1n) is 7.11. The normalized spacial score (nSPS) is 27.4. The van der Waals surface area contributed by atoms with Gasteiger partial charge < -0.3 is 20.1 Å². The zero-order valence-electron chi connectivity index (χ0n) is 12.3. The lowest BCUT2D eigenvalue weighted by molar-refractivity contribution is -0.0549. The predicted octanol–water partition coefficient (Wildman–Crippen LogP) is 1.75. The third kappa shape index (κ3) is 3.83. The van der Waals surface area contributed by atoms with E-state index in [1.807, 2.05) is 20.8 Å². The van der Waals surface area contributed by atoms with Crippen molar-refractivity contribution in [3.8, 4) is 0 Å². The van der Waals surface area contributed by atoms with Gasteiger partial charge in [-0.25, -0.2) is 4.79 Å². The summed E-state index contributed by atoms with van der Waals surface area (Å²) in [4.78, 5) is 13.8. The first-order valence-corrected chi connectivity index (χ1v) is 7.11. The van der Waals surface area contributed by atoms with Crippen LogP contribution in [0.5, 0.6) is 0 Å². The van der Waals surface area contributed by atoms with Crippen LogP contribution in [0.4, 0.5) is 4.79 Å². The molecule has 2 N–H and O–H groups in total. The Kier molecular flexibility index (Phi) is 4.06. The van der Waals surface area contributed by atoms with Crippen molar-refractivity contribution in [3.05, 3.63) is 0 Å². The maximum atomic E-state index is 12.0. The smallest absolute Gasteiger partial charge is 0.410 e. The van der Waals surface area contributed by atoms with Gasteiger partial charge in [-0.05, 0) is 45.4 Å². The molecule has 1 atom stereocenters. The standard InChI is InChI=1S/C14H26N2O3/c1-13(2,3)19-12(17)16-6-4-14(5-7-16)8-11(15)9-18-10-14/h11H,4-10,15H2,1-3H3/t11-/m0/s1. The molecule has 2 fully saturated rings. The van der Waals surface area contributed by atoms with Crippen LogP contribution in [-0.2, 0) is 9.47 Å². The molecule has 0 radical (unpaired) electrons. The van der Waals surface area contributed by atoms with Crippen molar-refractivity contribution in [2.24, 2.45) is 11.1 Å². The zero-order chi connectivity index (χ0) is 14.1. The molecular weight excluding hydrogens is 244 g/mol. The molecule has 110 valence electrons. The Bertz CT molecular complexity index is 330. The van der Waals surface area contributed by atoms with E-state index >= 15 is 0 Å². The van der Waals surface area contributed by atoms with Gasteiger partial charge in [-0.2, -0.15) is 0 Å². The number of carbonyl (C=O) groups is 1.